The van der Waals surface area contributed by atoms with Crippen molar-refractivity contribution in [2.45, 2.75) is 58.0 Å². The lowest BCUT2D eigenvalue weighted by atomic mass is 9.46. The van der Waals surface area contributed by atoms with Gasteiger partial charge in [0.25, 0.3) is 0 Å². The number of rotatable bonds is 4. The van der Waals surface area contributed by atoms with Crippen LogP contribution >= 0.6 is 0 Å². The van der Waals surface area contributed by atoms with E-state index in [-0.39, 0.29) is 23.8 Å². The van der Waals surface area contributed by atoms with Crippen LogP contribution in [0.4, 0.5) is 0 Å². The van der Waals surface area contributed by atoms with Crippen LogP contribution in [0.25, 0.3) is 0 Å². The Morgan fingerprint density at radius 1 is 1.14 bits per heavy atom. The van der Waals surface area contributed by atoms with Crippen LogP contribution in [0.1, 0.15) is 68.3 Å². The van der Waals surface area contributed by atoms with E-state index < -0.39 is 11.0 Å². The summed E-state index contributed by atoms with van der Waals surface area (Å²) in [7, 11) is 0. The fourth-order valence-corrected chi connectivity index (χ4v) is 6.26. The van der Waals surface area contributed by atoms with Crippen LogP contribution in [0.2, 0.25) is 0 Å². The van der Waals surface area contributed by atoms with Gasteiger partial charge < -0.3 is 9.47 Å². The molecule has 0 amide bonds. The van der Waals surface area contributed by atoms with Crippen molar-refractivity contribution in [3.05, 3.63) is 58.9 Å². The average Bonchev–Trinajstić information content (AvgIpc) is 3.17. The molecular formula is C24H26O4. The topological polar surface area (TPSA) is 52.6 Å². The van der Waals surface area contributed by atoms with Gasteiger partial charge in [-0.15, -0.1) is 0 Å². The molecule has 1 saturated carbocycles. The first kappa shape index (κ1) is 17.7. The van der Waals surface area contributed by atoms with Gasteiger partial charge in [-0.25, -0.2) is 9.59 Å². The van der Waals surface area contributed by atoms with Crippen molar-refractivity contribution >= 4 is 11.9 Å². The summed E-state index contributed by atoms with van der Waals surface area (Å²) >= 11 is 0. The number of unbranched alkanes of at least 4 members (excludes halogenated alkanes) is 1. The van der Waals surface area contributed by atoms with Crippen LogP contribution in [0, 0.1) is 17.3 Å². The lowest BCUT2D eigenvalue weighted by Crippen LogP contribution is -2.59. The van der Waals surface area contributed by atoms with E-state index in [1.165, 1.54) is 0 Å². The van der Waals surface area contributed by atoms with E-state index in [0.717, 1.165) is 44.1 Å². The molecule has 2 bridgehead atoms. The largest absolute Gasteiger partial charge is 0.449 e. The quantitative estimate of drug-likeness (QED) is 0.688. The Balaban J connectivity index is 1.83. The maximum Gasteiger partial charge on any atom is 0.340 e. The molecule has 2 heterocycles. The molecule has 4 nitrogen and oxygen atoms in total. The maximum absolute atomic E-state index is 13.0. The summed E-state index contributed by atoms with van der Waals surface area (Å²) in [6.07, 6.45) is 9.74. The number of carbonyl (C=O) groups is 2. The number of allylic oxidation sites excluding steroid dienone is 2. The highest BCUT2D eigenvalue weighted by Gasteiger charge is 2.75. The summed E-state index contributed by atoms with van der Waals surface area (Å²) in [5.41, 5.74) is 0.766. The van der Waals surface area contributed by atoms with Gasteiger partial charge in [-0.05, 0) is 43.7 Å². The van der Waals surface area contributed by atoms with Crippen molar-refractivity contribution in [3.63, 3.8) is 0 Å². The molecule has 6 rings (SSSR count). The van der Waals surface area contributed by atoms with Gasteiger partial charge in [0.2, 0.25) is 0 Å². The van der Waals surface area contributed by atoms with Crippen molar-refractivity contribution in [2.24, 2.45) is 17.3 Å². The number of esters is 2. The number of fused-ring (bicyclic) bond motifs is 2. The molecule has 0 radical (unpaired) electrons. The zero-order valence-electron chi connectivity index (χ0n) is 16.5. The zero-order chi connectivity index (χ0) is 19.5. The molecule has 2 fully saturated rings. The minimum Gasteiger partial charge on any atom is -0.449 e. The molecule has 3 aliphatic carbocycles. The summed E-state index contributed by atoms with van der Waals surface area (Å²) in [5, 5.41) is 0. The van der Waals surface area contributed by atoms with Crippen LogP contribution in [0.5, 0.6) is 0 Å². The first-order chi connectivity index (χ1) is 13.6. The Kier molecular flexibility index (Phi) is 3.84. The number of benzene rings is 1. The van der Waals surface area contributed by atoms with Gasteiger partial charge in [-0.2, -0.15) is 0 Å². The van der Waals surface area contributed by atoms with E-state index in [0.29, 0.717) is 16.9 Å². The molecule has 1 aromatic rings. The number of cyclic esters (lactones) is 1. The van der Waals surface area contributed by atoms with Gasteiger partial charge in [-0.1, -0.05) is 51.0 Å². The minimum atomic E-state index is -0.838. The fourth-order valence-electron chi connectivity index (χ4n) is 6.26. The molecular weight excluding hydrogens is 352 g/mol. The Morgan fingerprint density at radius 3 is 2.75 bits per heavy atom. The van der Waals surface area contributed by atoms with E-state index in [9.17, 15) is 9.59 Å². The summed E-state index contributed by atoms with van der Waals surface area (Å²) in [4.78, 5) is 25.9. The zero-order valence-corrected chi connectivity index (χ0v) is 16.5. The summed E-state index contributed by atoms with van der Waals surface area (Å²) < 4.78 is 12.2. The molecule has 4 unspecified atom stereocenters. The number of ether oxygens (including phenoxy) is 2. The molecule has 28 heavy (non-hydrogen) atoms. The molecule has 0 N–H and O–H groups in total. The molecule has 146 valence electrons. The highest BCUT2D eigenvalue weighted by atomic mass is 16.6. The number of hydrogen-bond donors (Lipinski definition) is 0. The standard InChI is InChI=1S/C24H26O4/c1-3-5-11-20-23-13-12-15(14-19(23)22(26)27-20)17(8-4-2)24(23)18-10-7-6-9-16(18)21(25)28-24/h6-7,9-11,14-15,17H,3-5,8,12-13H2,1-2H3/b20-11-. The molecule has 1 aromatic carbocycles. The Labute approximate surface area is 165 Å². The highest BCUT2D eigenvalue weighted by molar-refractivity contribution is 5.99. The number of hydrogen-bond acceptors (Lipinski definition) is 4. The van der Waals surface area contributed by atoms with E-state index in [1.807, 2.05) is 24.3 Å². The second-order valence-corrected chi connectivity index (χ2v) is 8.50. The second-order valence-electron chi connectivity index (χ2n) is 8.50. The van der Waals surface area contributed by atoms with Crippen LogP contribution in [0.3, 0.4) is 0 Å². The van der Waals surface area contributed by atoms with Crippen LogP contribution < -0.4 is 0 Å². The predicted octanol–water partition coefficient (Wildman–Crippen LogP) is 5.05. The van der Waals surface area contributed by atoms with Gasteiger partial charge in [0.1, 0.15) is 11.2 Å². The van der Waals surface area contributed by atoms with E-state index in [4.69, 9.17) is 9.47 Å². The minimum absolute atomic E-state index is 0.155. The molecule has 2 aliphatic heterocycles. The average molecular weight is 378 g/mol. The first-order valence-electron chi connectivity index (χ1n) is 10.6. The van der Waals surface area contributed by atoms with E-state index >= 15 is 0 Å². The lowest BCUT2D eigenvalue weighted by molar-refractivity contribution is -0.152. The van der Waals surface area contributed by atoms with Crippen LogP contribution in [0.15, 0.2) is 47.7 Å². The van der Waals surface area contributed by atoms with Crippen LogP contribution in [-0.2, 0) is 19.9 Å². The van der Waals surface area contributed by atoms with Crippen molar-refractivity contribution in [1.82, 2.24) is 0 Å². The molecule has 5 aliphatic rings. The SMILES string of the molecule is CCC/C=C1\OC(=O)C2=CC3CCC21C1(OC(=O)c2ccccc21)C3CCC. The third-order valence-electron chi connectivity index (χ3n) is 7.23. The summed E-state index contributed by atoms with van der Waals surface area (Å²) in [5.74, 6) is 0.555. The van der Waals surface area contributed by atoms with Crippen molar-refractivity contribution in [2.75, 3.05) is 0 Å². The summed E-state index contributed by atoms with van der Waals surface area (Å²) in [6.45, 7) is 4.28. The molecule has 4 heteroatoms. The third-order valence-corrected chi connectivity index (χ3v) is 7.23. The first-order valence-corrected chi connectivity index (χ1v) is 10.6. The van der Waals surface area contributed by atoms with Crippen molar-refractivity contribution < 1.29 is 19.1 Å². The van der Waals surface area contributed by atoms with Gasteiger partial charge in [0, 0.05) is 11.5 Å². The van der Waals surface area contributed by atoms with Crippen molar-refractivity contribution in [1.29, 1.82) is 0 Å². The van der Waals surface area contributed by atoms with Crippen LogP contribution in [-0.4, -0.2) is 11.9 Å². The normalized spacial score (nSPS) is 36.4. The maximum atomic E-state index is 13.0. The van der Waals surface area contributed by atoms with Gasteiger partial charge in [-0.3, -0.25) is 0 Å². The smallest absolute Gasteiger partial charge is 0.340 e. The van der Waals surface area contributed by atoms with Gasteiger partial charge in [0.05, 0.1) is 11.1 Å². The van der Waals surface area contributed by atoms with Gasteiger partial charge >= 0.3 is 11.9 Å². The molecule has 0 aromatic heterocycles. The monoisotopic (exact) mass is 378 g/mol. The van der Waals surface area contributed by atoms with E-state index in [1.54, 1.807) is 0 Å². The number of carbonyl (C=O) groups excluding carboxylic acids is 2. The molecule has 4 atom stereocenters. The summed E-state index contributed by atoms with van der Waals surface area (Å²) in [6, 6.07) is 7.73. The fraction of sp³-hybridized carbons (Fsp3) is 0.500. The molecule has 1 saturated heterocycles. The Hall–Kier alpha value is -2.36. The molecule has 2 spiro atoms. The van der Waals surface area contributed by atoms with Crippen molar-refractivity contribution in [3.8, 4) is 0 Å². The third kappa shape index (κ3) is 1.91. The van der Waals surface area contributed by atoms with Gasteiger partial charge in [0.15, 0.2) is 5.60 Å². The second kappa shape index (κ2) is 6.07. The Morgan fingerprint density at radius 2 is 1.96 bits per heavy atom. The lowest BCUT2D eigenvalue weighted by Gasteiger charge is -2.58. The van der Waals surface area contributed by atoms with E-state index in [2.05, 4.69) is 26.0 Å². The highest BCUT2D eigenvalue weighted by Crippen LogP contribution is 2.72. The Bertz CT molecular complexity index is 926. The predicted molar refractivity (Wildman–Crippen MR) is 104 cm³/mol.